The fraction of sp³-hybridized carbons (Fsp3) is 0. The Labute approximate surface area is 490 Å². The van der Waals surface area contributed by atoms with Gasteiger partial charge in [0.15, 0.2) is 0 Å². The molecule has 47 heteroatoms. The predicted octanol–water partition coefficient (Wildman–Crippen LogP) is -10.1. The van der Waals surface area contributed by atoms with E-state index in [9.17, 15) is 51.4 Å². The first kappa shape index (κ1) is 81.7. The Hall–Kier alpha value is 10.9. The molecule has 0 aliphatic carbocycles. The summed E-state index contributed by atoms with van der Waals surface area (Å²) in [6, 6.07) is 0. The minimum atomic E-state index is -1.91. The van der Waals surface area contributed by atoms with Crippen molar-refractivity contribution < 1.29 is 63.2 Å². The summed E-state index contributed by atoms with van der Waals surface area (Å²) in [6.07, 6.45) is 0. The van der Waals surface area contributed by atoms with Crippen molar-refractivity contribution in [3.05, 3.63) is 0 Å². The van der Waals surface area contributed by atoms with E-state index in [-0.39, 0.29) is 0 Å². The Kier molecular flexibility index (Phi) is 215. The number of rotatable bonds is 18. The van der Waals surface area contributed by atoms with Crippen LogP contribution < -0.4 is 0 Å². The summed E-state index contributed by atoms with van der Waals surface area (Å²) in [6.45, 7) is 0. The Bertz CT molecular complexity index is 530. The monoisotopic (exact) mass is 2640 g/mol. The first-order valence-corrected chi connectivity index (χ1v) is 58.3. The van der Waals surface area contributed by atoms with Gasteiger partial charge in [-0.05, 0) is 0 Å². The second kappa shape index (κ2) is 124. The molecule has 0 rings (SSSR count). The van der Waals surface area contributed by atoms with Gasteiger partial charge >= 0.3 is 506 Å². The van der Waals surface area contributed by atoms with Crippen molar-refractivity contribution in [2.45, 2.75) is 0 Å². The van der Waals surface area contributed by atoms with Gasteiger partial charge in [0, 0.05) is 0 Å². The fourth-order valence-electron chi connectivity index (χ4n) is 0.204. The average Bonchev–Trinajstić information content (AvgIpc) is 3.08. The molecule has 28 nitrogen and oxygen atoms in total. The van der Waals surface area contributed by atoms with Crippen molar-refractivity contribution in [2.24, 2.45) is 0 Å². The first-order chi connectivity index (χ1) is 22.7. The topological polar surface area (TPSA) is 407 Å². The molecule has 0 amide bonds. The number of hydrogen-bond donors (Lipinski definition) is 0. The van der Waals surface area contributed by atoms with Crippen molar-refractivity contribution in [3.63, 3.8) is 0 Å². The van der Waals surface area contributed by atoms with Gasteiger partial charge in [0.2, 0.25) is 0 Å². The van der Waals surface area contributed by atoms with Crippen LogP contribution in [0, 0.1) is 0 Å². The molecule has 0 aromatic carbocycles. The van der Waals surface area contributed by atoms with E-state index in [1.54, 1.807) is 0 Å². The molecule has 0 N–H and O–H groups in total. The molecule has 0 saturated carbocycles. The van der Waals surface area contributed by atoms with E-state index in [0.717, 1.165) is 0 Å². The van der Waals surface area contributed by atoms with Gasteiger partial charge in [-0.1, -0.05) is 0 Å². The van der Waals surface area contributed by atoms with Crippen molar-refractivity contribution in [1.82, 2.24) is 0 Å². The van der Waals surface area contributed by atoms with Gasteiger partial charge in [-0.3, -0.25) is 0 Å². The maximum absolute atomic E-state index is 9.35. The molecule has 2 radical (unpaired) electrons. The molecule has 0 heterocycles. The zero-order valence-corrected chi connectivity index (χ0v) is 84.5. The van der Waals surface area contributed by atoms with Gasteiger partial charge in [-0.2, -0.15) is 0 Å². The summed E-state index contributed by atoms with van der Waals surface area (Å²) in [7, 11) is 0. The van der Waals surface area contributed by atoms with E-state index < -0.39 is 420 Å². The molecule has 0 aliphatic heterocycles. The summed E-state index contributed by atoms with van der Waals surface area (Å²) < 4.78 is 213. The molecule has 0 saturated heterocycles. The predicted molar refractivity (Wildman–Crippen MR) is 132 cm³/mol. The van der Waals surface area contributed by atoms with Crippen LogP contribution in [-0.4, -0.2) is 443 Å². The van der Waals surface area contributed by atoms with Crippen LogP contribution in [0.2, 0.25) is 0 Å². The summed E-state index contributed by atoms with van der Waals surface area (Å²) in [4.78, 5) is 0. The van der Waals surface area contributed by atoms with Crippen LogP contribution in [0.3, 0.4) is 0 Å². The third kappa shape index (κ3) is 205. The van der Waals surface area contributed by atoms with Crippen molar-refractivity contribution in [3.8, 4) is 0 Å². The van der Waals surface area contributed by atoms with E-state index in [2.05, 4.69) is 8.75 Å². The normalized spacial score (nSPS) is 3.91. The van der Waals surface area contributed by atoms with Gasteiger partial charge in [0.05, 0.1) is 0 Å². The standard InChI is InChI=1S/18In.28O.Sn. The summed E-state index contributed by atoms with van der Waals surface area (Å²) in [5, 5.41) is 0. The van der Waals surface area contributed by atoms with Gasteiger partial charge in [-0.25, -0.2) is 0 Å². The van der Waals surface area contributed by atoms with Crippen LogP contribution in [0.15, 0.2) is 0 Å². The zero-order valence-electron chi connectivity index (χ0n) is 22.3. The molecule has 0 atom stereocenters. The second-order valence-corrected chi connectivity index (χ2v) is 66.7. The zero-order chi connectivity index (χ0) is 39.1. The Morgan fingerprint density at radius 3 is 0.213 bits per heavy atom. The second-order valence-electron chi connectivity index (χ2n) is 2.96. The van der Waals surface area contributed by atoms with Crippen molar-refractivity contribution in [2.75, 3.05) is 0 Å². The SMILES string of the molecule is [O]=[In][O][In]=[O].[O]=[In][O][In]=[O].[O]=[In][O][In]=[O].[O]=[In][O][In]=[O].[O]=[In][O][In]=[O].[O]=[In][O][In]=[O].[O]=[In][O][In]=[O].[O]=[In][O][In]=[O].[O]=[In][O][In]=[O].[O]=[Sn]. The molecule has 226 valence electrons. The third-order valence-electron chi connectivity index (χ3n) is 1.00. The summed E-state index contributed by atoms with van der Waals surface area (Å²) in [5.41, 5.74) is 0. The molecule has 0 aromatic rings. The van der Waals surface area contributed by atoms with Gasteiger partial charge < -0.3 is 0 Å². The van der Waals surface area contributed by atoms with E-state index in [1.807, 2.05) is 0 Å². The summed E-state index contributed by atoms with van der Waals surface area (Å²) in [5.74, 6) is 0. The molecule has 0 spiro atoms. The Balaban J connectivity index is -0.0000000407. The van der Waals surface area contributed by atoms with Gasteiger partial charge in [-0.15, -0.1) is 0 Å². The van der Waals surface area contributed by atoms with E-state index in [4.69, 9.17) is 3.08 Å². The van der Waals surface area contributed by atoms with Gasteiger partial charge in [0.25, 0.3) is 0 Å². The minimum absolute atomic E-state index is 0.300. The van der Waals surface area contributed by atoms with E-state index in [0.29, 0.717) is 22.5 Å². The quantitative estimate of drug-likeness (QED) is 0.115. The molecular weight excluding hydrogens is 2630 g/mol. The molecule has 0 unspecified atom stereocenters. The molecular formula is In18O28Sn. The van der Waals surface area contributed by atoms with Crippen molar-refractivity contribution in [1.29, 1.82) is 0 Å². The Morgan fingerprint density at radius 2 is 0.213 bits per heavy atom. The van der Waals surface area contributed by atoms with E-state index >= 15 is 0 Å². The molecule has 0 aromatic heterocycles. The third-order valence-corrected chi connectivity index (χ3v) is 45.0. The van der Waals surface area contributed by atoms with Crippen LogP contribution in [0.1, 0.15) is 0 Å². The molecule has 0 fully saturated rings. The maximum atomic E-state index is 9.35. The number of hydrogen-bond acceptors (Lipinski definition) is 28. The first-order valence-electron chi connectivity index (χ1n) is 8.69. The summed E-state index contributed by atoms with van der Waals surface area (Å²) >= 11 is -34.0. The van der Waals surface area contributed by atoms with Gasteiger partial charge in [0.1, 0.15) is 0 Å². The fourth-order valence-corrected chi connectivity index (χ4v) is 9.19. The van der Waals surface area contributed by atoms with Crippen LogP contribution >= 0.6 is 0 Å². The molecule has 0 aliphatic rings. The molecule has 47 heavy (non-hydrogen) atoms. The van der Waals surface area contributed by atoms with Crippen LogP contribution in [-0.2, 0) is 63.2 Å². The van der Waals surface area contributed by atoms with Crippen molar-refractivity contribution >= 4 is 443 Å². The van der Waals surface area contributed by atoms with Crippen LogP contribution in [0.25, 0.3) is 0 Å². The van der Waals surface area contributed by atoms with E-state index in [1.165, 1.54) is 0 Å². The van der Waals surface area contributed by atoms with Crippen LogP contribution in [0.4, 0.5) is 0 Å². The average molecular weight is 2630 g/mol. The molecule has 0 bridgehead atoms. The Morgan fingerprint density at radius 1 is 0.170 bits per heavy atom. The van der Waals surface area contributed by atoms with Crippen LogP contribution in [0.5, 0.6) is 0 Å².